The number of nitrogens with zero attached hydrogens (tertiary/aromatic N) is 2. The third-order valence-corrected chi connectivity index (χ3v) is 6.19. The van der Waals surface area contributed by atoms with Gasteiger partial charge < -0.3 is 15.1 Å². The molecule has 1 saturated carbocycles. The molecule has 3 aliphatic rings. The van der Waals surface area contributed by atoms with E-state index in [4.69, 9.17) is 9.57 Å². The lowest BCUT2D eigenvalue weighted by Gasteiger charge is -2.46. The predicted molar refractivity (Wildman–Crippen MR) is 80.8 cm³/mol. The number of methoxy groups -OCH3 is 1. The summed E-state index contributed by atoms with van der Waals surface area (Å²) in [4.78, 5) is 6.07. The highest BCUT2D eigenvalue weighted by Gasteiger charge is 2.73. The molecule has 2 heterocycles. The van der Waals surface area contributed by atoms with Crippen molar-refractivity contribution < 1.29 is 19.9 Å². The number of fused-ring (bicyclic) bond motifs is 3. The summed E-state index contributed by atoms with van der Waals surface area (Å²) < 4.78 is 5.74. The van der Waals surface area contributed by atoms with Crippen LogP contribution in [0.4, 0.5) is 0 Å². The van der Waals surface area contributed by atoms with Crippen molar-refractivity contribution >= 4 is 0 Å². The summed E-state index contributed by atoms with van der Waals surface area (Å²) in [7, 11) is 1.65. The van der Waals surface area contributed by atoms with E-state index in [1.165, 1.54) is 5.06 Å². The number of hydrogen-bond acceptors (Lipinski definition) is 6. The fourth-order valence-electron chi connectivity index (χ4n) is 4.39. The topological polar surface area (TPSA) is 65.4 Å². The van der Waals surface area contributed by atoms with Gasteiger partial charge in [-0.1, -0.05) is 26.7 Å². The van der Waals surface area contributed by atoms with Gasteiger partial charge in [0.15, 0.2) is 11.4 Å². The Labute approximate surface area is 132 Å². The van der Waals surface area contributed by atoms with Crippen LogP contribution in [0.15, 0.2) is 0 Å². The van der Waals surface area contributed by atoms with Crippen molar-refractivity contribution in [3.8, 4) is 0 Å². The van der Waals surface area contributed by atoms with E-state index in [1.807, 2.05) is 32.8 Å². The number of hydroxylamine groups is 4. The minimum atomic E-state index is -1.28. The predicted octanol–water partition coefficient (Wildman–Crippen LogP) is 2.11. The maximum atomic E-state index is 11.0. The van der Waals surface area contributed by atoms with Gasteiger partial charge in [-0.2, -0.15) is 10.1 Å². The highest BCUT2D eigenvalue weighted by molar-refractivity contribution is 5.14. The van der Waals surface area contributed by atoms with Gasteiger partial charge in [0.25, 0.3) is 0 Å². The molecule has 0 amide bonds. The molecule has 128 valence electrons. The Morgan fingerprint density at radius 1 is 1.23 bits per heavy atom. The molecule has 3 fully saturated rings. The molecule has 2 aliphatic heterocycles. The summed E-state index contributed by atoms with van der Waals surface area (Å²) in [5, 5.41) is 25.3. The molecule has 0 aromatic carbocycles. The van der Waals surface area contributed by atoms with E-state index in [-0.39, 0.29) is 18.0 Å². The molecule has 4 atom stereocenters. The SMILES string of the molecule is COC(C)(C)[C@]12C[C@@](O)(C(C)C)ON1[C@H]1CCCC[C@@H]1N2O. The van der Waals surface area contributed by atoms with Gasteiger partial charge in [0.05, 0.1) is 17.7 Å². The summed E-state index contributed by atoms with van der Waals surface area (Å²) in [6.45, 7) is 7.79. The molecule has 1 aliphatic carbocycles. The minimum absolute atomic E-state index is 0.0416. The summed E-state index contributed by atoms with van der Waals surface area (Å²) >= 11 is 0. The van der Waals surface area contributed by atoms with Crippen molar-refractivity contribution in [3.63, 3.8) is 0 Å². The molecule has 2 N–H and O–H groups in total. The molecule has 6 nitrogen and oxygen atoms in total. The van der Waals surface area contributed by atoms with Gasteiger partial charge in [-0.05, 0) is 26.7 Å². The van der Waals surface area contributed by atoms with Crippen LogP contribution in [0.2, 0.25) is 0 Å². The van der Waals surface area contributed by atoms with Gasteiger partial charge in [-0.15, -0.1) is 0 Å². The van der Waals surface area contributed by atoms with Gasteiger partial charge in [0.1, 0.15) is 0 Å². The van der Waals surface area contributed by atoms with Gasteiger partial charge in [0.2, 0.25) is 0 Å². The molecule has 0 spiro atoms. The summed E-state index contributed by atoms with van der Waals surface area (Å²) in [5.74, 6) is -1.35. The van der Waals surface area contributed by atoms with Gasteiger partial charge in [-0.25, -0.2) is 0 Å². The Bertz CT molecular complexity index is 444. The normalized spacial score (nSPS) is 43.6. The van der Waals surface area contributed by atoms with E-state index in [9.17, 15) is 10.3 Å². The van der Waals surface area contributed by atoms with Crippen LogP contribution in [0, 0.1) is 5.92 Å². The van der Waals surface area contributed by atoms with Crippen LogP contribution in [0.3, 0.4) is 0 Å². The summed E-state index contributed by atoms with van der Waals surface area (Å²) in [5.41, 5.74) is -1.54. The molecular weight excluding hydrogens is 284 g/mol. The van der Waals surface area contributed by atoms with Crippen molar-refractivity contribution in [2.75, 3.05) is 7.11 Å². The molecule has 22 heavy (non-hydrogen) atoms. The van der Waals surface area contributed by atoms with Crippen molar-refractivity contribution in [3.05, 3.63) is 0 Å². The zero-order valence-electron chi connectivity index (χ0n) is 14.4. The molecule has 0 bridgehead atoms. The van der Waals surface area contributed by atoms with Crippen molar-refractivity contribution in [2.24, 2.45) is 5.92 Å². The van der Waals surface area contributed by atoms with Gasteiger partial charge in [-0.3, -0.25) is 4.84 Å². The van der Waals surface area contributed by atoms with Crippen LogP contribution in [0.1, 0.15) is 59.8 Å². The largest absolute Gasteiger partial charge is 0.375 e. The van der Waals surface area contributed by atoms with E-state index in [0.717, 1.165) is 25.7 Å². The molecular formula is C16H30N2O4. The third kappa shape index (κ3) is 1.95. The molecule has 0 radical (unpaired) electrons. The Balaban J connectivity index is 2.07. The Hall–Kier alpha value is -0.240. The second kappa shape index (κ2) is 5.13. The van der Waals surface area contributed by atoms with Gasteiger partial charge in [0, 0.05) is 19.4 Å². The van der Waals surface area contributed by atoms with E-state index >= 15 is 0 Å². The van der Waals surface area contributed by atoms with E-state index in [1.54, 1.807) is 7.11 Å². The minimum Gasteiger partial charge on any atom is -0.375 e. The second-order valence-electron chi connectivity index (χ2n) is 7.89. The lowest BCUT2D eigenvalue weighted by Crippen LogP contribution is -2.64. The van der Waals surface area contributed by atoms with E-state index < -0.39 is 17.1 Å². The average Bonchev–Trinajstić information content (AvgIpc) is 2.93. The Morgan fingerprint density at radius 3 is 2.36 bits per heavy atom. The van der Waals surface area contributed by atoms with Crippen LogP contribution in [0.5, 0.6) is 0 Å². The zero-order valence-corrected chi connectivity index (χ0v) is 14.4. The van der Waals surface area contributed by atoms with Crippen LogP contribution in [-0.4, -0.2) is 56.7 Å². The third-order valence-electron chi connectivity index (χ3n) is 6.19. The van der Waals surface area contributed by atoms with Crippen molar-refractivity contribution in [1.82, 2.24) is 10.1 Å². The summed E-state index contributed by atoms with van der Waals surface area (Å²) in [6.07, 6.45) is 4.46. The fourth-order valence-corrected chi connectivity index (χ4v) is 4.39. The molecule has 2 saturated heterocycles. The van der Waals surface area contributed by atoms with E-state index in [0.29, 0.717) is 6.42 Å². The highest BCUT2D eigenvalue weighted by Crippen LogP contribution is 2.56. The van der Waals surface area contributed by atoms with Crippen molar-refractivity contribution in [1.29, 1.82) is 0 Å². The lowest BCUT2D eigenvalue weighted by atomic mass is 9.82. The van der Waals surface area contributed by atoms with Crippen LogP contribution in [0.25, 0.3) is 0 Å². The van der Waals surface area contributed by atoms with Crippen LogP contribution in [-0.2, 0) is 9.57 Å². The van der Waals surface area contributed by atoms with Crippen LogP contribution < -0.4 is 0 Å². The maximum absolute atomic E-state index is 11.0. The molecule has 0 aromatic heterocycles. The molecule has 6 heteroatoms. The first-order chi connectivity index (χ1) is 10.2. The van der Waals surface area contributed by atoms with Gasteiger partial charge >= 0.3 is 0 Å². The average molecular weight is 314 g/mol. The zero-order chi connectivity index (χ0) is 16.3. The number of ether oxygens (including phenoxy) is 1. The maximum Gasteiger partial charge on any atom is 0.191 e. The number of rotatable bonds is 3. The van der Waals surface area contributed by atoms with Crippen LogP contribution >= 0.6 is 0 Å². The Morgan fingerprint density at radius 2 is 1.82 bits per heavy atom. The van der Waals surface area contributed by atoms with Crippen molar-refractivity contribution in [2.45, 2.75) is 88.9 Å². The first-order valence-electron chi connectivity index (χ1n) is 8.44. The molecule has 0 aromatic rings. The first-order valence-corrected chi connectivity index (χ1v) is 8.44. The molecule has 0 unspecified atom stereocenters. The first kappa shape index (κ1) is 16.6. The molecule has 3 rings (SSSR count). The summed E-state index contributed by atoms with van der Waals surface area (Å²) in [6, 6.07) is 0.140. The quantitative estimate of drug-likeness (QED) is 0.832. The smallest absolute Gasteiger partial charge is 0.191 e. The highest BCUT2D eigenvalue weighted by atomic mass is 16.8. The number of hydrogen-bond donors (Lipinski definition) is 2. The van der Waals surface area contributed by atoms with E-state index in [2.05, 4.69) is 0 Å². The lowest BCUT2D eigenvalue weighted by molar-refractivity contribution is -0.338. The standard InChI is InChI=1S/C16H30N2O4/c1-11(2)15(19)10-16(14(3,4)21-5)17(20)12-8-6-7-9-13(12)18(16)22-15/h11-13,19-20H,6-10H2,1-5H3/t12-,13-,15-,16-/m0/s1. The number of aliphatic hydroxyl groups is 1. The Kier molecular flexibility index (Phi) is 3.87. The second-order valence-corrected chi connectivity index (χ2v) is 7.89. The monoisotopic (exact) mass is 314 g/mol. The fraction of sp³-hybridized carbons (Fsp3) is 1.00.